The first-order chi connectivity index (χ1) is 11.1. The lowest BCUT2D eigenvalue weighted by Gasteiger charge is -2.17. The summed E-state index contributed by atoms with van der Waals surface area (Å²) >= 11 is 3.81. The Balaban J connectivity index is 2.00. The van der Waals surface area contributed by atoms with E-state index in [4.69, 9.17) is 0 Å². The van der Waals surface area contributed by atoms with Gasteiger partial charge in [-0.15, -0.1) is 23.5 Å². The topological polar surface area (TPSA) is 0 Å². The molecule has 24 heavy (non-hydrogen) atoms. The van der Waals surface area contributed by atoms with E-state index in [1.807, 2.05) is 23.5 Å². The van der Waals surface area contributed by atoms with Crippen LogP contribution in [0.1, 0.15) is 52.7 Å². The molecular weight excluding hydrogens is 328 g/mol. The highest BCUT2D eigenvalue weighted by molar-refractivity contribution is 8.00. The molecule has 0 fully saturated rings. The monoisotopic (exact) mass is 356 g/mol. The minimum Gasteiger partial charge on any atom is -0.120 e. The molecular formula is C22H28S2. The smallest absolute Gasteiger partial charge is 0.0122 e. The van der Waals surface area contributed by atoms with Crippen molar-refractivity contribution in [3.8, 4) is 0 Å². The van der Waals surface area contributed by atoms with Gasteiger partial charge in [-0.05, 0) is 35.4 Å². The molecule has 2 heteroatoms. The predicted molar refractivity (Wildman–Crippen MR) is 113 cm³/mol. The molecule has 0 nitrogen and oxygen atoms in total. The average Bonchev–Trinajstić information content (AvgIpc) is 2.45. The third-order valence-corrected chi connectivity index (χ3v) is 5.32. The van der Waals surface area contributed by atoms with Gasteiger partial charge in [-0.1, -0.05) is 78.0 Å². The largest absolute Gasteiger partial charge is 0.120 e. The lowest BCUT2D eigenvalue weighted by atomic mass is 10.1. The number of hydrogen-bond donors (Lipinski definition) is 0. The van der Waals surface area contributed by atoms with Gasteiger partial charge in [0.25, 0.3) is 0 Å². The summed E-state index contributed by atoms with van der Waals surface area (Å²) in [7, 11) is 0. The number of rotatable bonds is 4. The lowest BCUT2D eigenvalue weighted by molar-refractivity contribution is 0.802. The molecule has 0 aliphatic rings. The van der Waals surface area contributed by atoms with Crippen molar-refractivity contribution in [3.63, 3.8) is 0 Å². The summed E-state index contributed by atoms with van der Waals surface area (Å²) < 4.78 is 0.508. The molecule has 2 rings (SSSR count). The SMILES string of the molecule is CC(C)(C)Sc1ccc(/C=C/c2ccc(SC(C)(C)C)cc2)cc1. The fourth-order valence-electron chi connectivity index (χ4n) is 2.19. The molecule has 0 saturated carbocycles. The standard InChI is InChI=1S/C22H28S2/c1-21(2,3)23-19-13-9-17(10-14-19)7-8-18-11-15-20(16-12-18)24-22(4,5)6/h7-16H,1-6H3/b8-7+. The minimum atomic E-state index is 0.254. The second kappa shape index (κ2) is 7.84. The third kappa shape index (κ3) is 7.19. The fourth-order valence-corrected chi connectivity index (χ4v) is 4.15. The van der Waals surface area contributed by atoms with Gasteiger partial charge in [-0.25, -0.2) is 0 Å². The minimum absolute atomic E-state index is 0.254. The van der Waals surface area contributed by atoms with Crippen molar-refractivity contribution in [1.29, 1.82) is 0 Å². The summed E-state index contributed by atoms with van der Waals surface area (Å²) in [5.74, 6) is 0. The quantitative estimate of drug-likeness (QED) is 0.408. The van der Waals surface area contributed by atoms with Crippen LogP contribution in [0.5, 0.6) is 0 Å². The maximum absolute atomic E-state index is 2.24. The first-order valence-electron chi connectivity index (χ1n) is 8.37. The maximum atomic E-state index is 2.24. The molecule has 0 heterocycles. The Morgan fingerprint density at radius 2 is 0.833 bits per heavy atom. The Morgan fingerprint density at radius 3 is 1.08 bits per heavy atom. The summed E-state index contributed by atoms with van der Waals surface area (Å²) in [5, 5.41) is 0. The molecule has 0 bridgehead atoms. The molecule has 2 aromatic carbocycles. The highest BCUT2D eigenvalue weighted by Crippen LogP contribution is 2.33. The molecule has 0 radical (unpaired) electrons. The highest BCUT2D eigenvalue weighted by Gasteiger charge is 2.12. The van der Waals surface area contributed by atoms with Gasteiger partial charge in [-0.2, -0.15) is 0 Å². The zero-order valence-electron chi connectivity index (χ0n) is 15.6. The molecule has 0 N–H and O–H groups in total. The van der Waals surface area contributed by atoms with Gasteiger partial charge in [0, 0.05) is 19.3 Å². The highest BCUT2D eigenvalue weighted by atomic mass is 32.2. The zero-order valence-corrected chi connectivity index (χ0v) is 17.2. The number of benzene rings is 2. The summed E-state index contributed by atoms with van der Waals surface area (Å²) in [6.45, 7) is 13.5. The number of hydrogen-bond acceptors (Lipinski definition) is 2. The second-order valence-corrected chi connectivity index (χ2v) is 11.7. The molecule has 0 aromatic heterocycles. The van der Waals surface area contributed by atoms with E-state index in [2.05, 4.69) is 102 Å². The van der Waals surface area contributed by atoms with Gasteiger partial charge < -0.3 is 0 Å². The normalized spacial score (nSPS) is 12.8. The van der Waals surface area contributed by atoms with E-state index < -0.39 is 0 Å². The van der Waals surface area contributed by atoms with Crippen LogP contribution in [0, 0.1) is 0 Å². The lowest BCUT2D eigenvalue weighted by Crippen LogP contribution is -2.06. The van der Waals surface area contributed by atoms with Crippen LogP contribution in [0.15, 0.2) is 58.3 Å². The molecule has 0 spiro atoms. The third-order valence-electron chi connectivity index (χ3n) is 3.08. The van der Waals surface area contributed by atoms with Gasteiger partial charge in [0.2, 0.25) is 0 Å². The van der Waals surface area contributed by atoms with Gasteiger partial charge in [-0.3, -0.25) is 0 Å². The first kappa shape index (κ1) is 19.2. The average molecular weight is 357 g/mol. The molecule has 0 aliphatic heterocycles. The van der Waals surface area contributed by atoms with E-state index in [-0.39, 0.29) is 9.49 Å². The molecule has 0 unspecified atom stereocenters. The Morgan fingerprint density at radius 1 is 0.542 bits per heavy atom. The predicted octanol–water partition coefficient (Wildman–Crippen LogP) is 7.64. The summed E-state index contributed by atoms with van der Waals surface area (Å²) in [6, 6.07) is 17.6. The summed E-state index contributed by atoms with van der Waals surface area (Å²) in [4.78, 5) is 2.64. The van der Waals surface area contributed by atoms with Gasteiger partial charge >= 0.3 is 0 Å². The van der Waals surface area contributed by atoms with Gasteiger partial charge in [0.05, 0.1) is 0 Å². The van der Waals surface area contributed by atoms with E-state index in [0.29, 0.717) is 0 Å². The zero-order chi connectivity index (χ0) is 17.8. The second-order valence-electron chi connectivity index (χ2n) is 7.90. The van der Waals surface area contributed by atoms with E-state index >= 15 is 0 Å². The van der Waals surface area contributed by atoms with Crippen molar-refractivity contribution in [3.05, 3.63) is 59.7 Å². The van der Waals surface area contributed by atoms with Crippen LogP contribution in [0.25, 0.3) is 12.2 Å². The van der Waals surface area contributed by atoms with Crippen molar-refractivity contribution in [1.82, 2.24) is 0 Å². The van der Waals surface area contributed by atoms with Crippen molar-refractivity contribution in [2.45, 2.75) is 60.8 Å². The molecule has 0 saturated heterocycles. The van der Waals surface area contributed by atoms with Crippen LogP contribution in [-0.4, -0.2) is 9.49 Å². The van der Waals surface area contributed by atoms with Crippen LogP contribution in [0.4, 0.5) is 0 Å². The Hall–Kier alpha value is -1.12. The van der Waals surface area contributed by atoms with Crippen LogP contribution in [0.3, 0.4) is 0 Å². The number of thioether (sulfide) groups is 2. The van der Waals surface area contributed by atoms with E-state index in [0.717, 1.165) is 0 Å². The maximum Gasteiger partial charge on any atom is 0.0122 e. The fraction of sp³-hybridized carbons (Fsp3) is 0.364. The van der Waals surface area contributed by atoms with Gasteiger partial charge in [0.15, 0.2) is 0 Å². The van der Waals surface area contributed by atoms with Crippen LogP contribution in [-0.2, 0) is 0 Å². The molecule has 0 amide bonds. The summed E-state index contributed by atoms with van der Waals surface area (Å²) in [5.41, 5.74) is 2.47. The molecule has 2 aromatic rings. The van der Waals surface area contributed by atoms with E-state index in [9.17, 15) is 0 Å². The first-order valence-corrected chi connectivity index (χ1v) is 10.0. The van der Waals surface area contributed by atoms with Crippen LogP contribution >= 0.6 is 23.5 Å². The van der Waals surface area contributed by atoms with Gasteiger partial charge in [0.1, 0.15) is 0 Å². The molecule has 0 atom stereocenters. The molecule has 128 valence electrons. The molecule has 0 aliphatic carbocycles. The van der Waals surface area contributed by atoms with Crippen molar-refractivity contribution in [2.75, 3.05) is 0 Å². The Labute approximate surface area is 156 Å². The van der Waals surface area contributed by atoms with Crippen LogP contribution in [0.2, 0.25) is 0 Å². The van der Waals surface area contributed by atoms with E-state index in [1.165, 1.54) is 20.9 Å². The van der Waals surface area contributed by atoms with Crippen molar-refractivity contribution >= 4 is 35.7 Å². The van der Waals surface area contributed by atoms with Crippen molar-refractivity contribution in [2.24, 2.45) is 0 Å². The Bertz CT molecular complexity index is 604. The summed E-state index contributed by atoms with van der Waals surface area (Å²) in [6.07, 6.45) is 4.36. The van der Waals surface area contributed by atoms with Crippen LogP contribution < -0.4 is 0 Å². The van der Waals surface area contributed by atoms with E-state index in [1.54, 1.807) is 0 Å². The Kier molecular flexibility index (Phi) is 6.28. The van der Waals surface area contributed by atoms with Crippen molar-refractivity contribution < 1.29 is 0 Å².